The summed E-state index contributed by atoms with van der Waals surface area (Å²) in [5.41, 5.74) is -2.40. The number of rotatable bonds is 5. The van der Waals surface area contributed by atoms with E-state index in [1.54, 1.807) is 0 Å². The number of carbonyl (C=O) groups is 1. The summed E-state index contributed by atoms with van der Waals surface area (Å²) >= 11 is 0. The molecule has 4 rings (SSSR count). The number of halogens is 3. The van der Waals surface area contributed by atoms with E-state index < -0.39 is 17.4 Å². The van der Waals surface area contributed by atoms with Gasteiger partial charge in [-0.05, 0) is 56.1 Å². The van der Waals surface area contributed by atoms with Crippen molar-refractivity contribution >= 4 is 16.9 Å². The zero-order chi connectivity index (χ0) is 20.8. The van der Waals surface area contributed by atoms with E-state index >= 15 is 0 Å². The van der Waals surface area contributed by atoms with Crippen molar-refractivity contribution in [3.63, 3.8) is 0 Å². The van der Waals surface area contributed by atoms with Gasteiger partial charge in [0, 0.05) is 23.6 Å². The first-order chi connectivity index (χ1) is 13.7. The number of amides is 1. The fourth-order valence-corrected chi connectivity index (χ4v) is 4.93. The Morgan fingerprint density at radius 1 is 1.28 bits per heavy atom. The Morgan fingerprint density at radius 3 is 2.72 bits per heavy atom. The fraction of sp³-hybridized carbons (Fsp3) is 0.524. The molecule has 1 heterocycles. The molecule has 1 aromatic heterocycles. The van der Waals surface area contributed by atoms with E-state index in [1.165, 1.54) is 37.5 Å². The normalized spacial score (nSPS) is 24.6. The van der Waals surface area contributed by atoms with Crippen LogP contribution in [0.15, 0.2) is 33.5 Å². The third-order valence-corrected chi connectivity index (χ3v) is 6.21. The summed E-state index contributed by atoms with van der Waals surface area (Å²) in [6, 6.07) is 4.17. The number of hydrogen-bond acceptors (Lipinski definition) is 4. The van der Waals surface area contributed by atoms with Crippen LogP contribution in [0.4, 0.5) is 13.2 Å². The van der Waals surface area contributed by atoms with E-state index in [0.29, 0.717) is 17.9 Å². The lowest BCUT2D eigenvalue weighted by atomic mass is 9.84. The van der Waals surface area contributed by atoms with Crippen molar-refractivity contribution in [2.24, 2.45) is 17.8 Å². The summed E-state index contributed by atoms with van der Waals surface area (Å²) in [6.07, 6.45) is 0.251. The minimum absolute atomic E-state index is 0.0605. The first kappa shape index (κ1) is 19.8. The second-order valence-electron chi connectivity index (χ2n) is 8.12. The van der Waals surface area contributed by atoms with Crippen LogP contribution in [0.5, 0.6) is 5.75 Å². The molecule has 1 aromatic carbocycles. The van der Waals surface area contributed by atoms with E-state index in [2.05, 4.69) is 5.32 Å². The lowest BCUT2D eigenvalue weighted by Crippen LogP contribution is -2.42. The predicted octanol–water partition coefficient (Wildman–Crippen LogP) is 4.13. The Hall–Kier alpha value is -2.51. The zero-order valence-corrected chi connectivity index (χ0v) is 15.9. The van der Waals surface area contributed by atoms with Gasteiger partial charge in [0.15, 0.2) is 6.61 Å². The number of nitrogens with one attached hydrogen (secondary N) is 1. The predicted molar refractivity (Wildman–Crippen MR) is 99.5 cm³/mol. The van der Waals surface area contributed by atoms with Crippen LogP contribution in [-0.2, 0) is 11.0 Å². The fourth-order valence-electron chi connectivity index (χ4n) is 4.93. The molecular formula is C21H22F3NO4. The number of benzene rings is 1. The molecule has 2 aliphatic rings. The molecule has 2 aliphatic carbocycles. The van der Waals surface area contributed by atoms with Gasteiger partial charge in [-0.1, -0.05) is 6.42 Å². The first-order valence-corrected chi connectivity index (χ1v) is 9.78. The highest BCUT2D eigenvalue weighted by atomic mass is 19.4. The van der Waals surface area contributed by atoms with Crippen LogP contribution in [0.2, 0.25) is 0 Å². The third kappa shape index (κ3) is 4.11. The number of fused-ring (bicyclic) bond motifs is 3. The van der Waals surface area contributed by atoms with Gasteiger partial charge in [-0.2, -0.15) is 13.2 Å². The highest BCUT2D eigenvalue weighted by Gasteiger charge is 2.42. The second kappa shape index (κ2) is 7.39. The monoisotopic (exact) mass is 409 g/mol. The largest absolute Gasteiger partial charge is 0.484 e. The molecule has 8 heteroatoms. The summed E-state index contributed by atoms with van der Waals surface area (Å²) in [5.74, 6) is 1.83. The van der Waals surface area contributed by atoms with E-state index in [9.17, 15) is 22.8 Å². The van der Waals surface area contributed by atoms with Gasteiger partial charge in [0.1, 0.15) is 11.3 Å². The van der Waals surface area contributed by atoms with Crippen molar-refractivity contribution in [2.75, 3.05) is 6.61 Å². The van der Waals surface area contributed by atoms with Gasteiger partial charge >= 0.3 is 11.8 Å². The maximum absolute atomic E-state index is 13.1. The van der Waals surface area contributed by atoms with E-state index in [1.807, 2.05) is 6.92 Å². The van der Waals surface area contributed by atoms with E-state index in [4.69, 9.17) is 9.15 Å². The molecule has 5 nitrogen and oxygen atoms in total. The summed E-state index contributed by atoms with van der Waals surface area (Å²) in [4.78, 5) is 23.7. The second-order valence-corrected chi connectivity index (χ2v) is 8.12. The van der Waals surface area contributed by atoms with Crippen molar-refractivity contribution in [3.05, 3.63) is 40.2 Å². The van der Waals surface area contributed by atoms with E-state index in [0.717, 1.165) is 12.3 Å². The van der Waals surface area contributed by atoms with Gasteiger partial charge in [-0.3, -0.25) is 4.79 Å². The average molecular weight is 409 g/mol. The summed E-state index contributed by atoms with van der Waals surface area (Å²) < 4.78 is 49.6. The van der Waals surface area contributed by atoms with Crippen molar-refractivity contribution in [1.82, 2.24) is 5.32 Å². The molecule has 0 spiro atoms. The Balaban J connectivity index is 1.40. The molecule has 29 heavy (non-hydrogen) atoms. The molecular weight excluding hydrogens is 387 g/mol. The summed E-state index contributed by atoms with van der Waals surface area (Å²) in [5, 5.41) is 2.73. The average Bonchev–Trinajstić information content (AvgIpc) is 3.28. The van der Waals surface area contributed by atoms with Gasteiger partial charge in [0.25, 0.3) is 5.91 Å². The third-order valence-electron chi connectivity index (χ3n) is 6.21. The Bertz CT molecular complexity index is 984. The Morgan fingerprint density at radius 2 is 2.07 bits per heavy atom. The van der Waals surface area contributed by atoms with Crippen LogP contribution in [0.3, 0.4) is 0 Å². The quantitative estimate of drug-likeness (QED) is 0.754. The Labute approximate surface area is 165 Å². The highest BCUT2D eigenvalue weighted by Crippen LogP contribution is 2.49. The number of alkyl halides is 3. The molecule has 1 amide bonds. The minimum atomic E-state index is -4.67. The van der Waals surface area contributed by atoms with Crippen LogP contribution >= 0.6 is 0 Å². The van der Waals surface area contributed by atoms with Crippen molar-refractivity contribution in [2.45, 2.75) is 44.8 Å². The van der Waals surface area contributed by atoms with Crippen LogP contribution in [0.25, 0.3) is 11.0 Å². The molecule has 0 radical (unpaired) electrons. The molecule has 4 atom stereocenters. The van der Waals surface area contributed by atoms with Gasteiger partial charge in [-0.25, -0.2) is 4.79 Å². The molecule has 0 aliphatic heterocycles. The molecule has 156 valence electrons. The van der Waals surface area contributed by atoms with Crippen LogP contribution in [0, 0.1) is 17.8 Å². The maximum Gasteiger partial charge on any atom is 0.417 e. The highest BCUT2D eigenvalue weighted by molar-refractivity contribution is 5.82. The summed E-state index contributed by atoms with van der Waals surface area (Å²) in [7, 11) is 0. The number of hydrogen-bond donors (Lipinski definition) is 1. The lowest BCUT2D eigenvalue weighted by Gasteiger charge is -2.28. The van der Waals surface area contributed by atoms with Gasteiger partial charge < -0.3 is 14.5 Å². The molecule has 2 saturated carbocycles. The first-order valence-electron chi connectivity index (χ1n) is 9.78. The summed E-state index contributed by atoms with van der Waals surface area (Å²) in [6.45, 7) is 1.74. The van der Waals surface area contributed by atoms with Crippen LogP contribution in [-0.4, -0.2) is 18.6 Å². The van der Waals surface area contributed by atoms with Crippen LogP contribution < -0.4 is 15.7 Å². The standard InChI is InChI=1S/C21H22F3NO4/c1-11(16-7-12-2-3-13(16)6-12)25-19(26)10-28-14-4-5-15-17(21(22,23)24)9-20(27)29-18(15)8-14/h4-5,8-9,11-13,16H,2-3,6-7,10H2,1H3,(H,25,26)/t11-,12+,13+,16+/m1/s1. The number of carbonyl (C=O) groups excluding carboxylic acids is 1. The molecule has 2 fully saturated rings. The van der Waals surface area contributed by atoms with Crippen molar-refractivity contribution in [1.29, 1.82) is 0 Å². The van der Waals surface area contributed by atoms with Crippen LogP contribution in [0.1, 0.15) is 38.2 Å². The maximum atomic E-state index is 13.1. The smallest absolute Gasteiger partial charge is 0.417 e. The van der Waals surface area contributed by atoms with Crippen molar-refractivity contribution < 1.29 is 27.1 Å². The Kier molecular flexibility index (Phi) is 5.04. The minimum Gasteiger partial charge on any atom is -0.484 e. The topological polar surface area (TPSA) is 68.5 Å². The van der Waals surface area contributed by atoms with Gasteiger partial charge in [-0.15, -0.1) is 0 Å². The van der Waals surface area contributed by atoms with Gasteiger partial charge in [0.2, 0.25) is 0 Å². The van der Waals surface area contributed by atoms with Crippen molar-refractivity contribution in [3.8, 4) is 5.75 Å². The zero-order valence-electron chi connectivity index (χ0n) is 15.9. The molecule has 1 N–H and O–H groups in total. The lowest BCUT2D eigenvalue weighted by molar-refractivity contribution is -0.136. The molecule has 2 aromatic rings. The molecule has 0 unspecified atom stereocenters. The van der Waals surface area contributed by atoms with Gasteiger partial charge in [0.05, 0.1) is 5.56 Å². The SMILES string of the molecule is C[C@@H](NC(=O)COc1ccc2c(C(F)(F)F)cc(=O)oc2c1)[C@@H]1C[C@H]2CC[C@H]1C2. The molecule has 0 saturated heterocycles. The number of ether oxygens (including phenoxy) is 1. The molecule has 2 bridgehead atoms. The van der Waals surface area contributed by atoms with E-state index in [-0.39, 0.29) is 35.3 Å².